The maximum absolute atomic E-state index is 16.7. The number of likely N-dealkylation sites (tertiary alicyclic amines) is 1. The summed E-state index contributed by atoms with van der Waals surface area (Å²) in [5.41, 5.74) is -0.356. The number of likely N-dealkylation sites (N-methyl/N-ethyl adjacent to an activating group) is 1. The van der Waals surface area contributed by atoms with Crippen molar-refractivity contribution in [2.75, 3.05) is 20.1 Å². The Labute approximate surface area is 209 Å². The summed E-state index contributed by atoms with van der Waals surface area (Å²) in [5, 5.41) is 23.2. The van der Waals surface area contributed by atoms with Gasteiger partial charge in [0.1, 0.15) is 17.7 Å². The Kier molecular flexibility index (Phi) is 4.71. The van der Waals surface area contributed by atoms with E-state index in [9.17, 15) is 15.0 Å². The fraction of sp³-hybridized carbons (Fsp3) is 0.536. The van der Waals surface area contributed by atoms with Crippen molar-refractivity contribution in [1.29, 1.82) is 0 Å². The molecule has 7 rings (SSSR count). The molecule has 6 atom stereocenters. The number of alkyl halides is 1. The van der Waals surface area contributed by atoms with Crippen LogP contribution in [0.3, 0.4) is 0 Å². The number of rotatable bonds is 5. The highest BCUT2D eigenvalue weighted by molar-refractivity contribution is 5.92. The molecular formula is C28H31FN2O5. The van der Waals surface area contributed by atoms with Gasteiger partial charge in [-0.25, -0.2) is 4.39 Å². The lowest BCUT2D eigenvalue weighted by atomic mass is 9.47. The number of phenols is 1. The predicted molar refractivity (Wildman–Crippen MR) is 129 cm³/mol. The summed E-state index contributed by atoms with van der Waals surface area (Å²) in [6, 6.07) is 4.54. The van der Waals surface area contributed by atoms with Gasteiger partial charge in [0.25, 0.3) is 0 Å². The zero-order valence-corrected chi connectivity index (χ0v) is 20.3. The van der Waals surface area contributed by atoms with Gasteiger partial charge in [0.05, 0.1) is 24.2 Å². The van der Waals surface area contributed by atoms with Gasteiger partial charge in [-0.2, -0.15) is 0 Å². The number of hydrogen-bond donors (Lipinski definition) is 2. The second kappa shape index (κ2) is 7.59. The van der Waals surface area contributed by atoms with Crippen LogP contribution in [0.5, 0.6) is 11.5 Å². The molecule has 2 aliphatic heterocycles. The molecule has 7 nitrogen and oxygen atoms in total. The molecular weight excluding hydrogens is 463 g/mol. The van der Waals surface area contributed by atoms with Gasteiger partial charge in [-0.05, 0) is 61.8 Å². The Bertz CT molecular complexity index is 1240. The molecule has 2 saturated carbocycles. The smallest absolute Gasteiger partial charge is 0.246 e. The molecule has 2 bridgehead atoms. The quantitative estimate of drug-likeness (QED) is 0.622. The molecule has 3 heterocycles. The minimum atomic E-state index is -1.39. The second-order valence-corrected chi connectivity index (χ2v) is 11.3. The van der Waals surface area contributed by atoms with Crippen LogP contribution in [0.1, 0.15) is 42.4 Å². The number of benzene rings is 1. The number of halogens is 1. The third-order valence-electron chi connectivity index (χ3n) is 9.51. The standard InChI is InChI=1S/C28H31FN2O5/c1-30(23(33)7-4-17-9-11-35-15-17)19-8-10-27(34)22-12-18-5-6-20(32)25-24(18)28(27,26(19)36-25)21(29)14-31(22)13-16-2-3-16/h4-7,9,11,15-16,19,21-22,26,32,34H,2-3,8,10,12-14H2,1H3/b7-4+/t19-,21+,22?,26+,27-,28+/m1/s1. The van der Waals surface area contributed by atoms with E-state index in [4.69, 9.17) is 9.15 Å². The van der Waals surface area contributed by atoms with Crippen LogP contribution in [-0.2, 0) is 16.6 Å². The number of furan rings is 1. The van der Waals surface area contributed by atoms with Crippen LogP contribution in [0.2, 0.25) is 0 Å². The van der Waals surface area contributed by atoms with Gasteiger partial charge in [-0.15, -0.1) is 0 Å². The summed E-state index contributed by atoms with van der Waals surface area (Å²) in [6.45, 7) is 1.03. The molecule has 1 amide bonds. The minimum Gasteiger partial charge on any atom is -0.504 e. The molecule has 36 heavy (non-hydrogen) atoms. The molecule has 3 aliphatic carbocycles. The maximum atomic E-state index is 16.7. The Balaban J connectivity index is 1.31. The third-order valence-corrected chi connectivity index (χ3v) is 9.51. The van der Waals surface area contributed by atoms with E-state index in [0.29, 0.717) is 30.7 Å². The van der Waals surface area contributed by atoms with Crippen molar-refractivity contribution in [3.05, 3.63) is 53.5 Å². The average molecular weight is 495 g/mol. The Hall–Kier alpha value is -2.84. The predicted octanol–water partition coefficient (Wildman–Crippen LogP) is 3.04. The topological polar surface area (TPSA) is 86.4 Å². The number of ether oxygens (including phenoxy) is 1. The number of carbonyl (C=O) groups is 1. The number of aromatic hydroxyl groups is 1. The molecule has 1 aromatic heterocycles. The van der Waals surface area contributed by atoms with E-state index in [-0.39, 0.29) is 30.0 Å². The molecule has 5 aliphatic rings. The Morgan fingerprint density at radius 1 is 1.31 bits per heavy atom. The first kappa shape index (κ1) is 22.4. The number of phenolic OH excluding ortho intramolecular Hbond substituents is 1. The van der Waals surface area contributed by atoms with Crippen molar-refractivity contribution in [2.45, 2.75) is 67.5 Å². The van der Waals surface area contributed by atoms with E-state index in [2.05, 4.69) is 4.90 Å². The normalized spacial score (nSPS) is 36.5. The molecule has 0 radical (unpaired) electrons. The summed E-state index contributed by atoms with van der Waals surface area (Å²) >= 11 is 0. The molecule has 2 N–H and O–H groups in total. The molecule has 8 heteroatoms. The number of hydrogen-bond acceptors (Lipinski definition) is 6. The zero-order valence-electron chi connectivity index (χ0n) is 20.3. The van der Waals surface area contributed by atoms with E-state index in [0.717, 1.165) is 30.5 Å². The third kappa shape index (κ3) is 2.83. The fourth-order valence-corrected chi connectivity index (χ4v) is 7.67. The number of carbonyl (C=O) groups excluding carboxylic acids is 1. The first-order valence-electron chi connectivity index (χ1n) is 12.9. The monoisotopic (exact) mass is 494 g/mol. The van der Waals surface area contributed by atoms with Gasteiger partial charge in [0.2, 0.25) is 5.91 Å². The van der Waals surface area contributed by atoms with Crippen molar-refractivity contribution in [2.24, 2.45) is 5.92 Å². The van der Waals surface area contributed by atoms with Crippen LogP contribution in [0.25, 0.3) is 6.08 Å². The van der Waals surface area contributed by atoms with Crippen molar-refractivity contribution >= 4 is 12.0 Å². The minimum absolute atomic E-state index is 0.0430. The lowest BCUT2D eigenvalue weighted by Gasteiger charge is -2.65. The maximum Gasteiger partial charge on any atom is 0.246 e. The first-order valence-corrected chi connectivity index (χ1v) is 12.9. The highest BCUT2D eigenvalue weighted by Gasteiger charge is 2.77. The van der Waals surface area contributed by atoms with Crippen LogP contribution in [-0.4, -0.2) is 76.0 Å². The summed E-state index contributed by atoms with van der Waals surface area (Å²) in [6.07, 6.45) is 7.82. The molecule has 1 saturated heterocycles. The highest BCUT2D eigenvalue weighted by Crippen LogP contribution is 2.66. The van der Waals surface area contributed by atoms with E-state index in [1.54, 1.807) is 42.7 Å². The second-order valence-electron chi connectivity index (χ2n) is 11.3. The van der Waals surface area contributed by atoms with Crippen LogP contribution in [0.15, 0.2) is 41.2 Å². The van der Waals surface area contributed by atoms with Gasteiger partial charge in [0, 0.05) is 43.4 Å². The molecule has 190 valence electrons. The van der Waals surface area contributed by atoms with Crippen LogP contribution in [0, 0.1) is 5.92 Å². The number of nitrogens with zero attached hydrogens (tertiary/aromatic N) is 2. The number of amides is 1. The molecule has 1 aromatic carbocycles. The Morgan fingerprint density at radius 2 is 2.14 bits per heavy atom. The molecule has 1 spiro atoms. The van der Waals surface area contributed by atoms with E-state index >= 15 is 4.39 Å². The fourth-order valence-electron chi connectivity index (χ4n) is 7.67. The van der Waals surface area contributed by atoms with Crippen molar-refractivity contribution in [1.82, 2.24) is 9.80 Å². The van der Waals surface area contributed by atoms with Crippen LogP contribution in [0.4, 0.5) is 4.39 Å². The number of aliphatic hydroxyl groups is 1. The lowest BCUT2D eigenvalue weighted by Crippen LogP contribution is -2.82. The van der Waals surface area contributed by atoms with Gasteiger partial charge in [-0.3, -0.25) is 9.69 Å². The Morgan fingerprint density at radius 3 is 2.89 bits per heavy atom. The van der Waals surface area contributed by atoms with E-state index in [1.165, 1.54) is 6.08 Å². The lowest BCUT2D eigenvalue weighted by molar-refractivity contribution is -0.223. The van der Waals surface area contributed by atoms with Crippen molar-refractivity contribution in [3.63, 3.8) is 0 Å². The van der Waals surface area contributed by atoms with E-state index in [1.807, 2.05) is 6.07 Å². The van der Waals surface area contributed by atoms with Gasteiger partial charge < -0.3 is 24.3 Å². The van der Waals surface area contributed by atoms with Gasteiger partial charge in [0.15, 0.2) is 11.5 Å². The SMILES string of the molecule is CN(C(=O)/C=C/c1ccoc1)[C@@H]1CC[C@@]2(O)C3Cc4ccc(O)c5c4[C@@]2([C@@H](F)CN3CC2CC2)[C@H]1O5. The molecule has 1 unspecified atom stereocenters. The molecule has 3 fully saturated rings. The number of piperidine rings is 1. The summed E-state index contributed by atoms with van der Waals surface area (Å²) < 4.78 is 28.2. The average Bonchev–Trinajstić information content (AvgIpc) is 3.36. The van der Waals surface area contributed by atoms with Crippen molar-refractivity contribution in [3.8, 4) is 11.5 Å². The summed E-state index contributed by atoms with van der Waals surface area (Å²) in [5.74, 6) is 0.568. The van der Waals surface area contributed by atoms with Crippen molar-refractivity contribution < 1.29 is 28.6 Å². The van der Waals surface area contributed by atoms with Crippen LogP contribution < -0.4 is 4.74 Å². The first-order chi connectivity index (χ1) is 17.3. The largest absolute Gasteiger partial charge is 0.504 e. The summed E-state index contributed by atoms with van der Waals surface area (Å²) in [4.78, 5) is 17.0. The zero-order chi connectivity index (χ0) is 24.8. The van der Waals surface area contributed by atoms with Gasteiger partial charge >= 0.3 is 0 Å². The highest BCUT2D eigenvalue weighted by atomic mass is 19.1. The van der Waals surface area contributed by atoms with E-state index < -0.39 is 29.3 Å². The summed E-state index contributed by atoms with van der Waals surface area (Å²) in [7, 11) is 1.70. The molecule has 2 aromatic rings. The van der Waals surface area contributed by atoms with Gasteiger partial charge in [-0.1, -0.05) is 6.07 Å². The van der Waals surface area contributed by atoms with Crippen LogP contribution >= 0.6 is 0 Å².